The number of hydrogen-bond acceptors (Lipinski definition) is 3. The van der Waals surface area contributed by atoms with E-state index in [-0.39, 0.29) is 0 Å². The third-order valence-corrected chi connectivity index (χ3v) is 1.86. The van der Waals surface area contributed by atoms with Gasteiger partial charge in [-0.05, 0) is 17.7 Å². The minimum absolute atomic E-state index is 0.526. The summed E-state index contributed by atoms with van der Waals surface area (Å²) in [7, 11) is 0. The van der Waals surface area contributed by atoms with Crippen LogP contribution in [0.15, 0.2) is 29.2 Å². The summed E-state index contributed by atoms with van der Waals surface area (Å²) < 4.78 is 0. The van der Waals surface area contributed by atoms with Crippen molar-refractivity contribution in [3.05, 3.63) is 29.8 Å². The van der Waals surface area contributed by atoms with Crippen molar-refractivity contribution in [2.24, 2.45) is 11.5 Å². The first kappa shape index (κ1) is 9.09. The van der Waals surface area contributed by atoms with E-state index in [9.17, 15) is 4.79 Å². The number of carbonyl (C=O) groups is 1. The maximum atomic E-state index is 10.7. The molecule has 0 fully saturated rings. The molecule has 3 nitrogen and oxygen atoms in total. The molecule has 1 amide bonds. The van der Waals surface area contributed by atoms with Gasteiger partial charge in [0.1, 0.15) is 6.04 Å². The summed E-state index contributed by atoms with van der Waals surface area (Å²) >= 11 is 4.09. The largest absolute Gasteiger partial charge is 0.368 e. The van der Waals surface area contributed by atoms with Gasteiger partial charge in [0.15, 0.2) is 0 Å². The van der Waals surface area contributed by atoms with Gasteiger partial charge in [-0.3, -0.25) is 4.79 Å². The highest BCUT2D eigenvalue weighted by Gasteiger charge is 2.10. The Balaban J connectivity index is 2.89. The average Bonchev–Trinajstić information content (AvgIpc) is 2.04. The topological polar surface area (TPSA) is 69.1 Å². The molecule has 1 rings (SSSR count). The van der Waals surface area contributed by atoms with Gasteiger partial charge in [-0.2, -0.15) is 0 Å². The van der Waals surface area contributed by atoms with Crippen molar-refractivity contribution in [1.29, 1.82) is 0 Å². The van der Waals surface area contributed by atoms with Crippen molar-refractivity contribution < 1.29 is 4.79 Å². The number of carbonyl (C=O) groups excluding carboxylic acids is 1. The molecule has 4 N–H and O–H groups in total. The summed E-state index contributed by atoms with van der Waals surface area (Å²) in [4.78, 5) is 11.5. The van der Waals surface area contributed by atoms with Crippen LogP contribution < -0.4 is 11.5 Å². The van der Waals surface area contributed by atoms with Gasteiger partial charge in [0, 0.05) is 4.90 Å². The Hall–Kier alpha value is -1.00. The summed E-state index contributed by atoms with van der Waals surface area (Å²) in [6.45, 7) is 0. The van der Waals surface area contributed by atoms with Crippen LogP contribution in [0.4, 0.5) is 0 Å². The highest BCUT2D eigenvalue weighted by Crippen LogP contribution is 2.12. The second kappa shape index (κ2) is 3.60. The number of nitrogens with two attached hydrogens (primary N) is 2. The predicted octanol–water partition coefficient (Wildman–Crippen LogP) is 0.460. The van der Waals surface area contributed by atoms with Crippen LogP contribution in [0.25, 0.3) is 0 Å². The molecule has 0 saturated carbocycles. The first-order valence-corrected chi connectivity index (χ1v) is 3.90. The van der Waals surface area contributed by atoms with Crippen LogP contribution in [-0.2, 0) is 4.79 Å². The van der Waals surface area contributed by atoms with Crippen LogP contribution in [0, 0.1) is 0 Å². The first-order valence-electron chi connectivity index (χ1n) is 3.45. The van der Waals surface area contributed by atoms with Crippen molar-refractivity contribution in [2.45, 2.75) is 10.9 Å². The van der Waals surface area contributed by atoms with E-state index in [1.807, 2.05) is 0 Å². The van der Waals surface area contributed by atoms with E-state index in [2.05, 4.69) is 12.6 Å². The summed E-state index contributed by atoms with van der Waals surface area (Å²) in [6.07, 6.45) is 0. The summed E-state index contributed by atoms with van der Waals surface area (Å²) in [6, 6.07) is 6.27. The van der Waals surface area contributed by atoms with Gasteiger partial charge in [0.2, 0.25) is 5.91 Å². The Labute approximate surface area is 76.2 Å². The lowest BCUT2D eigenvalue weighted by atomic mass is 10.1. The van der Waals surface area contributed by atoms with Crippen LogP contribution in [0.3, 0.4) is 0 Å². The summed E-state index contributed by atoms with van der Waals surface area (Å²) in [5.41, 5.74) is 11.2. The highest BCUT2D eigenvalue weighted by molar-refractivity contribution is 7.80. The fraction of sp³-hybridized carbons (Fsp3) is 0.125. The van der Waals surface area contributed by atoms with Gasteiger partial charge in [-0.25, -0.2) is 0 Å². The number of thiol groups is 1. The van der Waals surface area contributed by atoms with Crippen molar-refractivity contribution in [3.63, 3.8) is 0 Å². The Bertz CT molecular complexity index is 284. The van der Waals surface area contributed by atoms with E-state index < -0.39 is 11.9 Å². The second-order valence-electron chi connectivity index (χ2n) is 2.47. The van der Waals surface area contributed by atoms with Crippen molar-refractivity contribution in [2.75, 3.05) is 0 Å². The lowest BCUT2D eigenvalue weighted by Crippen LogP contribution is -2.28. The number of hydrogen-bond donors (Lipinski definition) is 3. The lowest BCUT2D eigenvalue weighted by Gasteiger charge is -2.06. The van der Waals surface area contributed by atoms with Crippen LogP contribution in [0.2, 0.25) is 0 Å². The van der Waals surface area contributed by atoms with Crippen molar-refractivity contribution in [1.82, 2.24) is 0 Å². The Kier molecular flexibility index (Phi) is 2.73. The molecule has 1 aromatic rings. The average molecular weight is 182 g/mol. The summed E-state index contributed by atoms with van der Waals surface area (Å²) in [5.74, 6) is -0.526. The number of benzene rings is 1. The quantitative estimate of drug-likeness (QED) is 0.582. The third kappa shape index (κ3) is 1.99. The molecule has 0 radical (unpaired) electrons. The Morgan fingerprint density at radius 3 is 2.25 bits per heavy atom. The first-order chi connectivity index (χ1) is 5.61. The monoisotopic (exact) mass is 182 g/mol. The molecule has 12 heavy (non-hydrogen) atoms. The van der Waals surface area contributed by atoms with Crippen LogP contribution >= 0.6 is 12.6 Å². The smallest absolute Gasteiger partial charge is 0.238 e. The fourth-order valence-electron chi connectivity index (χ4n) is 0.846. The normalized spacial score (nSPS) is 12.5. The molecule has 0 aliphatic carbocycles. The molecule has 0 aromatic heterocycles. The molecule has 0 aliphatic heterocycles. The SMILES string of the molecule is NC(=O)C(N)c1ccc(S)cc1. The zero-order valence-corrected chi connectivity index (χ0v) is 7.29. The van der Waals surface area contributed by atoms with Gasteiger partial charge < -0.3 is 11.5 Å². The fourth-order valence-corrected chi connectivity index (χ4v) is 0.995. The third-order valence-electron chi connectivity index (χ3n) is 1.56. The maximum Gasteiger partial charge on any atom is 0.238 e. The number of rotatable bonds is 2. The van der Waals surface area contributed by atoms with Gasteiger partial charge in [-0.15, -0.1) is 12.6 Å². The minimum atomic E-state index is -0.723. The van der Waals surface area contributed by atoms with Gasteiger partial charge in [0.05, 0.1) is 0 Å². The number of amides is 1. The Morgan fingerprint density at radius 1 is 1.33 bits per heavy atom. The molecule has 1 aromatic carbocycles. The van der Waals surface area contributed by atoms with Crippen molar-refractivity contribution >= 4 is 18.5 Å². The predicted molar refractivity (Wildman–Crippen MR) is 49.8 cm³/mol. The van der Waals surface area contributed by atoms with Gasteiger partial charge >= 0.3 is 0 Å². The molecule has 0 bridgehead atoms. The zero-order chi connectivity index (χ0) is 9.14. The van der Waals surface area contributed by atoms with Crippen LogP contribution in [-0.4, -0.2) is 5.91 Å². The van der Waals surface area contributed by atoms with Crippen molar-refractivity contribution in [3.8, 4) is 0 Å². The molecule has 4 heteroatoms. The van der Waals surface area contributed by atoms with Crippen LogP contribution in [0.5, 0.6) is 0 Å². The Morgan fingerprint density at radius 2 is 1.83 bits per heavy atom. The maximum absolute atomic E-state index is 10.7. The standard InChI is InChI=1S/C8H10N2OS/c9-7(8(10)11)5-1-3-6(12)4-2-5/h1-4,7,12H,9H2,(H2,10,11). The van der Waals surface area contributed by atoms with E-state index in [1.54, 1.807) is 24.3 Å². The molecule has 0 aliphatic rings. The summed E-state index contributed by atoms with van der Waals surface area (Å²) in [5, 5.41) is 0. The van der Waals surface area contributed by atoms with Gasteiger partial charge in [0.25, 0.3) is 0 Å². The van der Waals surface area contributed by atoms with E-state index in [0.29, 0.717) is 5.56 Å². The molecule has 0 spiro atoms. The molecule has 0 heterocycles. The minimum Gasteiger partial charge on any atom is -0.368 e. The molecular weight excluding hydrogens is 172 g/mol. The highest BCUT2D eigenvalue weighted by atomic mass is 32.1. The molecule has 1 atom stereocenters. The zero-order valence-electron chi connectivity index (χ0n) is 6.40. The molecule has 0 saturated heterocycles. The van der Waals surface area contributed by atoms with Crippen LogP contribution in [0.1, 0.15) is 11.6 Å². The molecular formula is C8H10N2OS. The lowest BCUT2D eigenvalue weighted by molar-refractivity contribution is -0.119. The molecule has 1 unspecified atom stereocenters. The van der Waals surface area contributed by atoms with E-state index in [4.69, 9.17) is 11.5 Å². The van der Waals surface area contributed by atoms with E-state index in [0.717, 1.165) is 4.90 Å². The van der Waals surface area contributed by atoms with E-state index in [1.165, 1.54) is 0 Å². The molecule has 64 valence electrons. The number of primary amides is 1. The van der Waals surface area contributed by atoms with Gasteiger partial charge in [-0.1, -0.05) is 12.1 Å². The van der Waals surface area contributed by atoms with E-state index >= 15 is 0 Å². The second-order valence-corrected chi connectivity index (χ2v) is 2.99.